The molecule has 5 aliphatic carbocycles. The number of rotatable bonds is 16. The van der Waals surface area contributed by atoms with Crippen LogP contribution < -0.4 is 0 Å². The zero-order valence-electron chi connectivity index (χ0n) is 35.8. The van der Waals surface area contributed by atoms with E-state index < -0.39 is 11.4 Å². The Morgan fingerprint density at radius 1 is 0.815 bits per heavy atom. The molecule has 0 bridgehead atoms. The van der Waals surface area contributed by atoms with Crippen molar-refractivity contribution < 1.29 is 38.4 Å². The van der Waals surface area contributed by atoms with Gasteiger partial charge in [0.05, 0.1) is 25.0 Å². The molecule has 0 amide bonds. The monoisotopic (exact) mass is 757 g/mol. The second kappa shape index (κ2) is 16.1. The highest BCUT2D eigenvalue weighted by atomic mass is 16.6. The lowest BCUT2D eigenvalue weighted by Crippen LogP contribution is -2.67. The Kier molecular flexibility index (Phi) is 12.9. The second-order valence-electron chi connectivity index (χ2n) is 20.2. The van der Waals surface area contributed by atoms with Crippen LogP contribution in [0.15, 0.2) is 12.2 Å². The van der Waals surface area contributed by atoms with Crippen LogP contribution in [-0.2, 0) is 33.3 Å². The van der Waals surface area contributed by atoms with Crippen molar-refractivity contribution >= 4 is 17.9 Å². The van der Waals surface area contributed by atoms with Gasteiger partial charge < -0.3 is 24.1 Å². The van der Waals surface area contributed by atoms with Crippen molar-refractivity contribution in [3.05, 3.63) is 12.2 Å². The Morgan fingerprint density at radius 3 is 2.07 bits per heavy atom. The van der Waals surface area contributed by atoms with Crippen LogP contribution in [0.25, 0.3) is 0 Å². The molecule has 0 aromatic rings. The fraction of sp³-hybridized carbons (Fsp3) is 0.891. The minimum atomic E-state index is -1.15. The number of ether oxygens (including phenoxy) is 4. The number of hydrogen-bond acceptors (Lipinski definition) is 7. The first-order chi connectivity index (χ1) is 25.3. The van der Waals surface area contributed by atoms with E-state index in [4.69, 9.17) is 18.9 Å². The highest BCUT2D eigenvalue weighted by Crippen LogP contribution is 2.78. The predicted octanol–water partition coefficient (Wildman–Crippen LogP) is 10.2. The predicted molar refractivity (Wildman–Crippen MR) is 212 cm³/mol. The van der Waals surface area contributed by atoms with Crippen molar-refractivity contribution in [1.82, 2.24) is 0 Å². The van der Waals surface area contributed by atoms with Crippen LogP contribution in [0.3, 0.4) is 0 Å². The van der Waals surface area contributed by atoms with Crippen molar-refractivity contribution in [2.24, 2.45) is 62.1 Å². The van der Waals surface area contributed by atoms with E-state index in [1.54, 1.807) is 13.8 Å². The van der Waals surface area contributed by atoms with Gasteiger partial charge in [0.1, 0.15) is 12.2 Å². The number of carboxylic acid groups (broad SMARTS) is 1. The fourth-order valence-corrected chi connectivity index (χ4v) is 14.0. The molecule has 11 atom stereocenters. The first-order valence-corrected chi connectivity index (χ1v) is 21.7. The highest BCUT2D eigenvalue weighted by Gasteiger charge is 2.71. The van der Waals surface area contributed by atoms with Crippen LogP contribution in [0.5, 0.6) is 0 Å². The molecule has 8 heteroatoms. The molecule has 0 radical (unpaired) electrons. The average molecular weight is 757 g/mol. The second-order valence-corrected chi connectivity index (χ2v) is 20.2. The maximum Gasteiger partial charge on any atom is 0.309 e. The number of fused-ring (bicyclic) bond motifs is 7. The average Bonchev–Trinajstić information content (AvgIpc) is 3.50. The van der Waals surface area contributed by atoms with Crippen LogP contribution in [0.1, 0.15) is 159 Å². The van der Waals surface area contributed by atoms with Crippen LogP contribution in [0, 0.1) is 62.1 Å². The van der Waals surface area contributed by atoms with Gasteiger partial charge in [-0.05, 0) is 163 Å². The smallest absolute Gasteiger partial charge is 0.309 e. The summed E-state index contributed by atoms with van der Waals surface area (Å²) in [5, 5.41) is 9.66. The summed E-state index contributed by atoms with van der Waals surface area (Å²) in [7, 11) is 0. The first kappa shape index (κ1) is 43.2. The van der Waals surface area contributed by atoms with Gasteiger partial charge in [-0.15, -0.1) is 0 Å². The Morgan fingerprint density at radius 2 is 1.48 bits per heavy atom. The summed E-state index contributed by atoms with van der Waals surface area (Å²) in [6.45, 7) is 28.3. The Balaban J connectivity index is 1.36. The Bertz CT molecular complexity index is 1380. The first-order valence-electron chi connectivity index (χ1n) is 21.7. The van der Waals surface area contributed by atoms with E-state index >= 15 is 0 Å². The summed E-state index contributed by atoms with van der Waals surface area (Å²) in [5.74, 6) is 1.13. The zero-order valence-corrected chi connectivity index (χ0v) is 35.8. The topological polar surface area (TPSA) is 108 Å². The minimum Gasteiger partial charge on any atom is -0.481 e. The van der Waals surface area contributed by atoms with E-state index in [0.717, 1.165) is 51.4 Å². The van der Waals surface area contributed by atoms with Gasteiger partial charge in [0, 0.05) is 25.0 Å². The van der Waals surface area contributed by atoms with Gasteiger partial charge in [-0.1, -0.05) is 46.8 Å². The van der Waals surface area contributed by atoms with Gasteiger partial charge in [-0.3, -0.25) is 14.4 Å². The molecule has 5 saturated carbocycles. The summed E-state index contributed by atoms with van der Waals surface area (Å²) in [6, 6.07) is 0. The lowest BCUT2D eigenvalue weighted by Gasteiger charge is -2.73. The number of aliphatic carboxylic acids is 1. The summed E-state index contributed by atoms with van der Waals surface area (Å²) in [5.41, 5.74) is 0.633. The lowest BCUT2D eigenvalue weighted by molar-refractivity contribution is -0.253. The molecule has 0 aromatic carbocycles. The van der Waals surface area contributed by atoms with Crippen LogP contribution >= 0.6 is 0 Å². The van der Waals surface area contributed by atoms with E-state index in [1.807, 2.05) is 13.8 Å². The summed E-state index contributed by atoms with van der Waals surface area (Å²) < 4.78 is 23.5. The third-order valence-corrected chi connectivity index (χ3v) is 17.3. The standard InChI is InChI=1S/C46H76O8/c1-12-42(8)34-18-22-45(11)35(43(34,9)21-19-36(42)54-38(48)27-41(6,7)40(49)50)16-15-33-39-32(30(4)5)17-23-46(39,26-25-44(33,45)10)24-20-37(47)53-31(28-51-13-2)29-52-14-3/h31-36,39H,4,12-29H2,1-3,5-11H3,(H,49,50)/t32-,33+,34-,35+,36-,39+,42-,43-,44+,45+,46-/m0/s1. The van der Waals surface area contributed by atoms with Gasteiger partial charge in [-0.2, -0.15) is 0 Å². The third kappa shape index (κ3) is 7.47. The number of allylic oxidation sites excluding steroid dienone is 1. The van der Waals surface area contributed by atoms with Crippen molar-refractivity contribution in [3.63, 3.8) is 0 Å². The number of carbonyl (C=O) groups excluding carboxylic acids is 2. The molecule has 1 N–H and O–H groups in total. The lowest BCUT2D eigenvalue weighted by atomic mass is 9.32. The largest absolute Gasteiger partial charge is 0.481 e. The van der Waals surface area contributed by atoms with E-state index in [-0.39, 0.29) is 57.6 Å². The summed E-state index contributed by atoms with van der Waals surface area (Å²) in [6.07, 6.45) is 12.8. The Hall–Kier alpha value is -1.93. The molecule has 54 heavy (non-hydrogen) atoms. The molecule has 5 aliphatic rings. The molecule has 308 valence electrons. The van der Waals surface area contributed by atoms with E-state index in [1.165, 1.54) is 31.3 Å². The van der Waals surface area contributed by atoms with Crippen molar-refractivity contribution in [2.75, 3.05) is 26.4 Å². The minimum absolute atomic E-state index is 0.113. The SMILES string of the molecule is C=C(C)[C@@H]1CC[C@]2(CCC(=O)OC(COCC)COCC)CC[C@]3(C)[C@H](CC[C@@H]4[C@@]5(C)CC[C@H](OC(=O)CC(C)(C)C(=O)O)[C@@](C)(CC)[C@@H]5CC[C@]43C)[C@@H]12. The van der Waals surface area contributed by atoms with Gasteiger partial charge in [0.15, 0.2) is 0 Å². The molecule has 5 fully saturated rings. The number of esters is 2. The maximum atomic E-state index is 13.4. The van der Waals surface area contributed by atoms with Crippen molar-refractivity contribution in [1.29, 1.82) is 0 Å². The zero-order chi connectivity index (χ0) is 39.9. The van der Waals surface area contributed by atoms with Gasteiger partial charge in [0.25, 0.3) is 0 Å². The molecule has 0 aliphatic heterocycles. The third-order valence-electron chi connectivity index (χ3n) is 17.3. The molecular weight excluding hydrogens is 680 g/mol. The highest BCUT2D eigenvalue weighted by molar-refractivity contribution is 5.81. The molecule has 0 saturated heterocycles. The van der Waals surface area contributed by atoms with Gasteiger partial charge >= 0.3 is 17.9 Å². The molecule has 0 aromatic heterocycles. The Labute approximate surface area is 327 Å². The van der Waals surface area contributed by atoms with Crippen molar-refractivity contribution in [2.45, 2.75) is 171 Å². The molecule has 0 spiro atoms. The van der Waals surface area contributed by atoms with E-state index in [2.05, 4.69) is 48.1 Å². The number of hydrogen-bond donors (Lipinski definition) is 1. The fourth-order valence-electron chi connectivity index (χ4n) is 14.0. The molecule has 8 nitrogen and oxygen atoms in total. The van der Waals surface area contributed by atoms with E-state index in [9.17, 15) is 19.5 Å². The van der Waals surface area contributed by atoms with Crippen LogP contribution in [0.4, 0.5) is 0 Å². The normalized spacial score (nSPS) is 40.2. The van der Waals surface area contributed by atoms with E-state index in [0.29, 0.717) is 62.4 Å². The number of carboxylic acids is 1. The molecule has 0 unspecified atom stereocenters. The van der Waals surface area contributed by atoms with Crippen LogP contribution in [-0.4, -0.2) is 61.6 Å². The van der Waals surface area contributed by atoms with Gasteiger partial charge in [-0.25, -0.2) is 0 Å². The molecule has 0 heterocycles. The number of carbonyl (C=O) groups is 3. The summed E-state index contributed by atoms with van der Waals surface area (Å²) >= 11 is 0. The maximum absolute atomic E-state index is 13.4. The molecular formula is C46H76O8. The quantitative estimate of drug-likeness (QED) is 0.123. The summed E-state index contributed by atoms with van der Waals surface area (Å²) in [4.78, 5) is 38.4. The van der Waals surface area contributed by atoms with Gasteiger partial charge in [0.2, 0.25) is 0 Å². The van der Waals surface area contributed by atoms with Crippen LogP contribution in [0.2, 0.25) is 0 Å². The molecule has 5 rings (SSSR count). The van der Waals surface area contributed by atoms with Crippen molar-refractivity contribution in [3.8, 4) is 0 Å².